The largest absolute Gasteiger partial charge is 0.330 e. The van der Waals surface area contributed by atoms with Crippen molar-refractivity contribution in [3.05, 3.63) is 29.3 Å². The molecule has 0 aliphatic heterocycles. The number of hydrogen-bond donors (Lipinski definition) is 2. The molecule has 0 amide bonds. The van der Waals surface area contributed by atoms with Gasteiger partial charge in [-0.25, -0.2) is 13.1 Å². The van der Waals surface area contributed by atoms with E-state index in [-0.39, 0.29) is 5.41 Å². The highest BCUT2D eigenvalue weighted by Crippen LogP contribution is 2.24. The molecule has 20 heavy (non-hydrogen) atoms. The summed E-state index contributed by atoms with van der Waals surface area (Å²) < 4.78 is 27.4. The fourth-order valence-electron chi connectivity index (χ4n) is 2.07. The van der Waals surface area contributed by atoms with Gasteiger partial charge in [-0.1, -0.05) is 19.9 Å². The van der Waals surface area contributed by atoms with Gasteiger partial charge < -0.3 is 5.73 Å². The topological polar surface area (TPSA) is 72.2 Å². The second kappa shape index (κ2) is 6.70. The SMILES string of the molecule is CCC(CC)(CN)CNS(=O)(=O)c1ccc(C)c(C)c1. The van der Waals surface area contributed by atoms with Gasteiger partial charge in [0.2, 0.25) is 10.0 Å². The van der Waals surface area contributed by atoms with E-state index >= 15 is 0 Å². The van der Waals surface area contributed by atoms with Gasteiger partial charge in [-0.3, -0.25) is 0 Å². The van der Waals surface area contributed by atoms with Crippen LogP contribution >= 0.6 is 0 Å². The first-order valence-electron chi connectivity index (χ1n) is 7.07. The highest BCUT2D eigenvalue weighted by Gasteiger charge is 2.27. The van der Waals surface area contributed by atoms with Crippen molar-refractivity contribution in [2.24, 2.45) is 11.1 Å². The van der Waals surface area contributed by atoms with Crippen LogP contribution in [0.2, 0.25) is 0 Å². The van der Waals surface area contributed by atoms with Crippen LogP contribution in [0.1, 0.15) is 37.8 Å². The molecule has 114 valence electrons. The first kappa shape index (κ1) is 17.1. The van der Waals surface area contributed by atoms with Gasteiger partial charge >= 0.3 is 0 Å². The molecule has 0 radical (unpaired) electrons. The van der Waals surface area contributed by atoms with Crippen LogP contribution in [0, 0.1) is 19.3 Å². The van der Waals surface area contributed by atoms with Gasteiger partial charge in [-0.2, -0.15) is 0 Å². The van der Waals surface area contributed by atoms with E-state index in [0.717, 1.165) is 24.0 Å². The van der Waals surface area contributed by atoms with E-state index in [1.54, 1.807) is 12.1 Å². The zero-order chi connectivity index (χ0) is 15.4. The first-order valence-corrected chi connectivity index (χ1v) is 8.55. The highest BCUT2D eigenvalue weighted by molar-refractivity contribution is 7.89. The minimum Gasteiger partial charge on any atom is -0.330 e. The standard InChI is InChI=1S/C15H26N2O2S/c1-5-15(6-2,10-16)11-17-20(18,19)14-8-7-12(3)13(4)9-14/h7-9,17H,5-6,10-11,16H2,1-4H3. The molecule has 0 saturated heterocycles. The van der Waals surface area contributed by atoms with Gasteiger partial charge in [0.1, 0.15) is 0 Å². The van der Waals surface area contributed by atoms with Crippen molar-refractivity contribution in [3.63, 3.8) is 0 Å². The fourth-order valence-corrected chi connectivity index (χ4v) is 3.32. The summed E-state index contributed by atoms with van der Waals surface area (Å²) in [6, 6.07) is 5.19. The second-order valence-electron chi connectivity index (χ2n) is 5.48. The maximum absolute atomic E-state index is 12.3. The number of nitrogens with two attached hydrogens (primary N) is 1. The molecule has 0 saturated carbocycles. The lowest BCUT2D eigenvalue weighted by Gasteiger charge is -2.30. The summed E-state index contributed by atoms with van der Waals surface area (Å²) in [6.07, 6.45) is 1.71. The van der Waals surface area contributed by atoms with Crippen LogP contribution in [0.3, 0.4) is 0 Å². The maximum atomic E-state index is 12.3. The smallest absolute Gasteiger partial charge is 0.240 e. The van der Waals surface area contributed by atoms with Crippen molar-refractivity contribution in [2.45, 2.75) is 45.4 Å². The van der Waals surface area contributed by atoms with Crippen molar-refractivity contribution in [3.8, 4) is 0 Å². The Morgan fingerprint density at radius 3 is 2.20 bits per heavy atom. The summed E-state index contributed by atoms with van der Waals surface area (Å²) in [5, 5.41) is 0. The molecule has 0 unspecified atom stereocenters. The summed E-state index contributed by atoms with van der Waals surface area (Å²) in [7, 11) is -3.47. The minimum atomic E-state index is -3.47. The Morgan fingerprint density at radius 1 is 1.15 bits per heavy atom. The molecular formula is C15H26N2O2S. The van der Waals surface area contributed by atoms with Crippen LogP contribution < -0.4 is 10.5 Å². The van der Waals surface area contributed by atoms with Crippen LogP contribution in [0.25, 0.3) is 0 Å². The highest BCUT2D eigenvalue weighted by atomic mass is 32.2. The van der Waals surface area contributed by atoms with Gasteiger partial charge in [0, 0.05) is 6.54 Å². The molecular weight excluding hydrogens is 272 g/mol. The molecule has 1 aromatic rings. The molecule has 1 rings (SSSR count). The number of hydrogen-bond acceptors (Lipinski definition) is 3. The van der Waals surface area contributed by atoms with E-state index in [1.165, 1.54) is 0 Å². The normalized spacial score (nSPS) is 12.7. The number of rotatable bonds is 7. The zero-order valence-corrected chi connectivity index (χ0v) is 13.7. The van der Waals surface area contributed by atoms with Gasteiger partial charge in [0.05, 0.1) is 4.90 Å². The Bertz CT molecular complexity index is 541. The quantitative estimate of drug-likeness (QED) is 0.811. The molecule has 5 heteroatoms. The third-order valence-corrected chi connectivity index (χ3v) is 5.76. The lowest BCUT2D eigenvalue weighted by Crippen LogP contribution is -2.41. The van der Waals surface area contributed by atoms with Crippen LogP contribution in [0.4, 0.5) is 0 Å². The predicted molar refractivity (Wildman–Crippen MR) is 83.2 cm³/mol. The Morgan fingerprint density at radius 2 is 1.75 bits per heavy atom. The third kappa shape index (κ3) is 3.81. The van der Waals surface area contributed by atoms with Gasteiger partial charge in [0.25, 0.3) is 0 Å². The van der Waals surface area contributed by atoms with Gasteiger partial charge in [-0.05, 0) is 61.9 Å². The molecule has 0 heterocycles. The molecule has 0 aliphatic carbocycles. The monoisotopic (exact) mass is 298 g/mol. The molecule has 0 atom stereocenters. The van der Waals surface area contributed by atoms with Crippen LogP contribution in [0.5, 0.6) is 0 Å². The van der Waals surface area contributed by atoms with E-state index in [0.29, 0.717) is 18.0 Å². The van der Waals surface area contributed by atoms with Crippen molar-refractivity contribution in [1.29, 1.82) is 0 Å². The number of nitrogens with one attached hydrogen (secondary N) is 1. The average Bonchev–Trinajstić information content (AvgIpc) is 2.44. The van der Waals surface area contributed by atoms with E-state index in [4.69, 9.17) is 5.73 Å². The van der Waals surface area contributed by atoms with E-state index in [1.807, 2.05) is 33.8 Å². The van der Waals surface area contributed by atoms with Crippen molar-refractivity contribution in [2.75, 3.05) is 13.1 Å². The number of sulfonamides is 1. The first-order chi connectivity index (χ1) is 9.30. The number of aryl methyl sites for hydroxylation is 2. The van der Waals surface area contributed by atoms with Crippen LogP contribution in [-0.4, -0.2) is 21.5 Å². The number of benzene rings is 1. The van der Waals surface area contributed by atoms with E-state index < -0.39 is 10.0 Å². The molecule has 3 N–H and O–H groups in total. The Balaban J connectivity index is 2.92. The zero-order valence-electron chi connectivity index (χ0n) is 12.9. The summed E-state index contributed by atoms with van der Waals surface area (Å²) >= 11 is 0. The summed E-state index contributed by atoms with van der Waals surface area (Å²) in [4.78, 5) is 0.318. The molecule has 0 aliphatic rings. The fraction of sp³-hybridized carbons (Fsp3) is 0.600. The average molecular weight is 298 g/mol. The molecule has 0 spiro atoms. The summed E-state index contributed by atoms with van der Waals surface area (Å²) in [5.41, 5.74) is 7.71. The summed E-state index contributed by atoms with van der Waals surface area (Å²) in [6.45, 7) is 8.83. The molecule has 0 bridgehead atoms. The van der Waals surface area contributed by atoms with Crippen LogP contribution in [0.15, 0.2) is 23.1 Å². The molecule has 0 fully saturated rings. The predicted octanol–water partition coefficient (Wildman–Crippen LogP) is 2.35. The Hall–Kier alpha value is -0.910. The van der Waals surface area contributed by atoms with Crippen molar-refractivity contribution in [1.82, 2.24) is 4.72 Å². The Kier molecular flexibility index (Phi) is 5.74. The van der Waals surface area contributed by atoms with Crippen molar-refractivity contribution >= 4 is 10.0 Å². The van der Waals surface area contributed by atoms with Gasteiger partial charge in [-0.15, -0.1) is 0 Å². The Labute approximate surface area is 122 Å². The molecule has 1 aromatic carbocycles. The second-order valence-corrected chi connectivity index (χ2v) is 7.25. The molecule has 0 aromatic heterocycles. The lowest BCUT2D eigenvalue weighted by molar-refractivity contribution is 0.275. The van der Waals surface area contributed by atoms with E-state index in [2.05, 4.69) is 4.72 Å². The van der Waals surface area contributed by atoms with Crippen molar-refractivity contribution < 1.29 is 8.42 Å². The lowest BCUT2D eigenvalue weighted by atomic mass is 9.83. The maximum Gasteiger partial charge on any atom is 0.240 e. The summed E-state index contributed by atoms with van der Waals surface area (Å²) in [5.74, 6) is 0. The molecule has 4 nitrogen and oxygen atoms in total. The third-order valence-electron chi connectivity index (χ3n) is 4.36. The van der Waals surface area contributed by atoms with Crippen LogP contribution in [-0.2, 0) is 10.0 Å². The van der Waals surface area contributed by atoms with E-state index in [9.17, 15) is 8.42 Å². The van der Waals surface area contributed by atoms with Gasteiger partial charge in [0.15, 0.2) is 0 Å². The minimum absolute atomic E-state index is 0.160.